The van der Waals surface area contributed by atoms with Gasteiger partial charge in [0.2, 0.25) is 11.8 Å². The van der Waals surface area contributed by atoms with Gasteiger partial charge in [0.25, 0.3) is 0 Å². The zero-order chi connectivity index (χ0) is 31.9. The minimum Gasteiger partial charge on any atom is -0.468 e. The number of nitrogens with zero attached hydrogens (tertiary/aromatic N) is 1. The molecular formula is C34H47F3N2O5. The molecule has 0 unspecified atom stereocenters. The van der Waals surface area contributed by atoms with Crippen molar-refractivity contribution < 1.29 is 37.0 Å². The van der Waals surface area contributed by atoms with Gasteiger partial charge in [-0.3, -0.25) is 14.4 Å². The van der Waals surface area contributed by atoms with Crippen LogP contribution in [0.3, 0.4) is 0 Å². The lowest BCUT2D eigenvalue weighted by molar-refractivity contribution is -0.177. The second kappa shape index (κ2) is 14.9. The molecule has 2 heterocycles. The van der Waals surface area contributed by atoms with Gasteiger partial charge in [-0.05, 0) is 62.3 Å². The molecule has 244 valence electrons. The van der Waals surface area contributed by atoms with Crippen molar-refractivity contribution in [1.29, 1.82) is 0 Å². The molecule has 1 aliphatic carbocycles. The summed E-state index contributed by atoms with van der Waals surface area (Å²) in [4.78, 5) is 42.6. The molecule has 1 N–H and O–H groups in total. The van der Waals surface area contributed by atoms with Crippen molar-refractivity contribution in [2.24, 2.45) is 17.3 Å². The Morgan fingerprint density at radius 2 is 1.82 bits per heavy atom. The van der Waals surface area contributed by atoms with E-state index < -0.39 is 41.1 Å². The molecule has 1 aromatic rings. The minimum atomic E-state index is -4.49. The number of carbonyl (C=O) groups excluding carboxylic acids is 3. The summed E-state index contributed by atoms with van der Waals surface area (Å²) in [5.74, 6) is -1.66. The van der Waals surface area contributed by atoms with Gasteiger partial charge < -0.3 is 19.7 Å². The zero-order valence-corrected chi connectivity index (χ0v) is 26.2. The molecule has 2 aliphatic heterocycles. The highest BCUT2D eigenvalue weighted by Crippen LogP contribution is 2.51. The fourth-order valence-corrected chi connectivity index (χ4v) is 7.18. The van der Waals surface area contributed by atoms with Crippen LogP contribution in [0.1, 0.15) is 102 Å². The molecule has 2 fully saturated rings. The summed E-state index contributed by atoms with van der Waals surface area (Å²) in [7, 11) is 1.33. The fraction of sp³-hybridized carbons (Fsp3) is 0.676. The van der Waals surface area contributed by atoms with E-state index in [0.29, 0.717) is 23.7 Å². The highest BCUT2D eigenvalue weighted by Gasteiger charge is 2.60. The van der Waals surface area contributed by atoms with Crippen molar-refractivity contribution in [3.8, 4) is 0 Å². The van der Waals surface area contributed by atoms with E-state index in [0.717, 1.165) is 76.3 Å². The number of unbranched alkanes of at least 4 members (excludes halogenated alkanes) is 5. The van der Waals surface area contributed by atoms with Crippen LogP contribution in [0.4, 0.5) is 13.2 Å². The van der Waals surface area contributed by atoms with Gasteiger partial charge in [-0.2, -0.15) is 13.2 Å². The number of likely N-dealkylation sites (tertiary alicyclic amines) is 1. The number of ether oxygens (including phenoxy) is 2. The molecule has 1 saturated heterocycles. The second-order valence-electron chi connectivity index (χ2n) is 12.6. The Bertz CT molecular complexity index is 1200. The van der Waals surface area contributed by atoms with Crippen LogP contribution in [0.15, 0.2) is 36.0 Å². The number of methoxy groups -OCH3 is 1. The van der Waals surface area contributed by atoms with Crippen LogP contribution in [-0.4, -0.2) is 48.5 Å². The third kappa shape index (κ3) is 7.66. The lowest BCUT2D eigenvalue weighted by Crippen LogP contribution is -2.60. The normalized spacial score (nSPS) is 25.9. The Balaban J connectivity index is 1.56. The van der Waals surface area contributed by atoms with E-state index in [1.165, 1.54) is 19.2 Å². The lowest BCUT2D eigenvalue weighted by Gasteiger charge is -2.52. The monoisotopic (exact) mass is 620 g/mol. The van der Waals surface area contributed by atoms with Crippen molar-refractivity contribution in [1.82, 2.24) is 10.2 Å². The first-order valence-electron chi connectivity index (χ1n) is 16.2. The lowest BCUT2D eigenvalue weighted by atomic mass is 9.66. The Morgan fingerprint density at radius 1 is 1.11 bits per heavy atom. The first-order chi connectivity index (χ1) is 21.0. The molecule has 10 heteroatoms. The number of fused-ring (bicyclic) bond motifs is 1. The van der Waals surface area contributed by atoms with Gasteiger partial charge in [-0.25, -0.2) is 0 Å². The van der Waals surface area contributed by atoms with Crippen LogP contribution in [-0.2, 0) is 36.6 Å². The fourth-order valence-electron chi connectivity index (χ4n) is 7.18. The third-order valence-electron chi connectivity index (χ3n) is 9.63. The molecule has 4 rings (SSSR count). The third-order valence-corrected chi connectivity index (χ3v) is 9.63. The summed E-state index contributed by atoms with van der Waals surface area (Å²) in [5.41, 5.74) is -1.10. The summed E-state index contributed by atoms with van der Waals surface area (Å²) < 4.78 is 51.3. The molecule has 0 aromatic heterocycles. The van der Waals surface area contributed by atoms with Crippen molar-refractivity contribution in [2.45, 2.75) is 116 Å². The first kappa shape index (κ1) is 34.0. The molecule has 44 heavy (non-hydrogen) atoms. The van der Waals surface area contributed by atoms with Gasteiger partial charge in [0.1, 0.15) is 5.41 Å². The Labute approximate surface area is 258 Å². The van der Waals surface area contributed by atoms with E-state index in [4.69, 9.17) is 9.47 Å². The summed E-state index contributed by atoms with van der Waals surface area (Å²) in [6.07, 6.45) is 7.10. The van der Waals surface area contributed by atoms with Crippen molar-refractivity contribution in [2.75, 3.05) is 13.7 Å². The number of halogens is 3. The molecule has 0 radical (unpaired) electrons. The van der Waals surface area contributed by atoms with Gasteiger partial charge in [-0.15, -0.1) is 0 Å². The average molecular weight is 621 g/mol. The number of alkyl halides is 3. The van der Waals surface area contributed by atoms with Crippen LogP contribution in [0.5, 0.6) is 0 Å². The smallest absolute Gasteiger partial charge is 0.416 e. The number of hydrogen-bond acceptors (Lipinski definition) is 5. The molecular weight excluding hydrogens is 573 g/mol. The van der Waals surface area contributed by atoms with Gasteiger partial charge in [0, 0.05) is 31.1 Å². The number of esters is 1. The highest BCUT2D eigenvalue weighted by atomic mass is 19.4. The van der Waals surface area contributed by atoms with Crippen LogP contribution in [0.25, 0.3) is 0 Å². The van der Waals surface area contributed by atoms with Crippen molar-refractivity contribution in [3.63, 3.8) is 0 Å². The van der Waals surface area contributed by atoms with Crippen molar-refractivity contribution in [3.05, 3.63) is 47.2 Å². The van der Waals surface area contributed by atoms with E-state index >= 15 is 0 Å². The summed E-state index contributed by atoms with van der Waals surface area (Å²) >= 11 is 0. The molecule has 0 bridgehead atoms. The number of rotatable bonds is 13. The van der Waals surface area contributed by atoms with Gasteiger partial charge in [-0.1, -0.05) is 64.0 Å². The van der Waals surface area contributed by atoms with E-state index in [2.05, 4.69) is 12.2 Å². The van der Waals surface area contributed by atoms with E-state index in [-0.39, 0.29) is 31.4 Å². The molecule has 2 amide bonds. The Hall–Kier alpha value is -2.88. The Morgan fingerprint density at radius 3 is 2.50 bits per heavy atom. The number of amides is 2. The molecule has 1 saturated carbocycles. The standard InChI is InChI=1S/C34H47F3N2O5/c1-4-5-6-7-8-11-17-39-29-20-28(25-14-9-10-15-25)44-23(2)33(29,32(42)43-3)21-26(31(39)41)19-30(40)38-22-24-13-12-16-27(18-24)34(35,36)37/h12-13,16,18,20,23,25-26,28H,4-11,14-15,17,19,21-22H2,1-3H3,(H,38,40)/t23-,26+,28-,33+/m1/s1. The molecule has 4 atom stereocenters. The van der Waals surface area contributed by atoms with Gasteiger partial charge in [0.15, 0.2) is 0 Å². The summed E-state index contributed by atoms with van der Waals surface area (Å²) in [6.45, 7) is 4.34. The van der Waals surface area contributed by atoms with E-state index in [9.17, 15) is 27.6 Å². The highest BCUT2D eigenvalue weighted by molar-refractivity contribution is 5.92. The first-order valence-corrected chi connectivity index (χ1v) is 16.2. The topological polar surface area (TPSA) is 84.9 Å². The number of benzene rings is 1. The van der Waals surface area contributed by atoms with Crippen LogP contribution >= 0.6 is 0 Å². The number of hydrogen-bond donors (Lipinski definition) is 1. The molecule has 7 nitrogen and oxygen atoms in total. The second-order valence-corrected chi connectivity index (χ2v) is 12.6. The summed E-state index contributed by atoms with van der Waals surface area (Å²) in [6, 6.07) is 4.78. The maximum absolute atomic E-state index is 14.1. The van der Waals surface area contributed by atoms with Crippen LogP contribution in [0, 0.1) is 17.3 Å². The zero-order valence-electron chi connectivity index (χ0n) is 26.2. The number of nitrogens with one attached hydrogen (secondary N) is 1. The maximum Gasteiger partial charge on any atom is 0.416 e. The van der Waals surface area contributed by atoms with E-state index in [1.54, 1.807) is 4.90 Å². The SMILES string of the molecule is CCCCCCCCN1C(=O)[C@@H](CC(=O)NCc2cccc(C(F)(F)F)c2)C[C@@]2(C(=O)OC)C1=C[C@H](C1CCCC1)O[C@@H]2C. The quantitative estimate of drug-likeness (QED) is 0.191. The predicted octanol–water partition coefficient (Wildman–Crippen LogP) is 6.94. The average Bonchev–Trinajstić information content (AvgIpc) is 3.54. The number of piperidine rings is 1. The van der Waals surface area contributed by atoms with Crippen LogP contribution < -0.4 is 5.32 Å². The predicted molar refractivity (Wildman–Crippen MR) is 160 cm³/mol. The molecule has 1 aromatic carbocycles. The Kier molecular flexibility index (Phi) is 11.5. The molecule has 3 aliphatic rings. The van der Waals surface area contributed by atoms with Gasteiger partial charge in [0.05, 0.1) is 24.9 Å². The van der Waals surface area contributed by atoms with E-state index in [1.807, 2.05) is 13.0 Å². The largest absolute Gasteiger partial charge is 0.468 e. The van der Waals surface area contributed by atoms with Crippen molar-refractivity contribution >= 4 is 17.8 Å². The minimum absolute atomic E-state index is 0.0624. The molecule has 0 spiro atoms. The number of carbonyl (C=O) groups is 3. The van der Waals surface area contributed by atoms with Gasteiger partial charge >= 0.3 is 12.1 Å². The summed E-state index contributed by atoms with van der Waals surface area (Å²) in [5, 5.41) is 2.68. The van der Waals surface area contributed by atoms with Crippen LogP contribution in [0.2, 0.25) is 0 Å². The maximum atomic E-state index is 14.1.